The van der Waals surface area contributed by atoms with Crippen molar-refractivity contribution in [2.24, 2.45) is 0 Å². The summed E-state index contributed by atoms with van der Waals surface area (Å²) in [4.78, 5) is 11.0. The molecule has 0 bridgehead atoms. The van der Waals surface area contributed by atoms with E-state index in [1.54, 1.807) is 18.2 Å². The highest BCUT2D eigenvalue weighted by molar-refractivity contribution is 5.80. The van der Waals surface area contributed by atoms with Gasteiger partial charge in [-0.2, -0.15) is 5.26 Å². The Balaban J connectivity index is 2.16. The fourth-order valence-electron chi connectivity index (χ4n) is 1.72. The lowest BCUT2D eigenvalue weighted by Gasteiger charge is -2.14. The summed E-state index contributed by atoms with van der Waals surface area (Å²) in [7, 11) is 0. The van der Waals surface area contributed by atoms with Gasteiger partial charge in [0.2, 0.25) is 5.91 Å². The highest BCUT2D eigenvalue weighted by atomic mass is 16.1. The number of para-hydroxylation sites is 1. The quantitative estimate of drug-likeness (QED) is 0.625. The van der Waals surface area contributed by atoms with Crippen molar-refractivity contribution in [3.63, 3.8) is 0 Å². The molecule has 1 atom stereocenters. The van der Waals surface area contributed by atoms with Crippen LogP contribution in [0, 0.1) is 11.3 Å². The molecule has 1 amide bonds. The molecule has 0 spiro atoms. The normalized spacial score (nSPS) is 18.9. The predicted molar refractivity (Wildman–Crippen MR) is 60.6 cm³/mol. The van der Waals surface area contributed by atoms with Crippen molar-refractivity contribution in [2.45, 2.75) is 12.5 Å². The van der Waals surface area contributed by atoms with Crippen LogP contribution in [0.2, 0.25) is 0 Å². The molecule has 1 aromatic rings. The molecule has 0 saturated carbocycles. The van der Waals surface area contributed by atoms with Crippen LogP contribution in [0.4, 0.5) is 11.4 Å². The van der Waals surface area contributed by atoms with Gasteiger partial charge in [0.25, 0.3) is 0 Å². The minimum Gasteiger partial charge on any atom is -0.396 e. The van der Waals surface area contributed by atoms with Crippen molar-refractivity contribution >= 4 is 17.3 Å². The number of nitrogens with zero attached hydrogens (tertiary/aromatic N) is 1. The fourth-order valence-corrected chi connectivity index (χ4v) is 1.72. The highest BCUT2D eigenvalue weighted by Crippen LogP contribution is 2.23. The van der Waals surface area contributed by atoms with Gasteiger partial charge in [-0.1, -0.05) is 6.07 Å². The van der Waals surface area contributed by atoms with E-state index in [4.69, 9.17) is 11.0 Å². The molecule has 82 valence electrons. The smallest absolute Gasteiger partial charge is 0.222 e. The number of nitriles is 1. The van der Waals surface area contributed by atoms with Gasteiger partial charge in [-0.05, 0) is 12.1 Å². The van der Waals surface area contributed by atoms with Gasteiger partial charge in [-0.3, -0.25) is 4.79 Å². The molecule has 1 unspecified atom stereocenters. The topological polar surface area (TPSA) is 90.9 Å². The van der Waals surface area contributed by atoms with Crippen LogP contribution in [-0.4, -0.2) is 18.5 Å². The number of amides is 1. The Morgan fingerprint density at radius 3 is 3.00 bits per heavy atom. The fraction of sp³-hybridized carbons (Fsp3) is 0.273. The summed E-state index contributed by atoms with van der Waals surface area (Å²) in [5, 5.41) is 14.7. The molecule has 16 heavy (non-hydrogen) atoms. The first-order valence-corrected chi connectivity index (χ1v) is 5.02. The van der Waals surface area contributed by atoms with Gasteiger partial charge in [0.1, 0.15) is 6.07 Å². The highest BCUT2D eigenvalue weighted by Gasteiger charge is 2.21. The van der Waals surface area contributed by atoms with E-state index in [0.717, 1.165) is 0 Å². The first-order valence-electron chi connectivity index (χ1n) is 5.02. The van der Waals surface area contributed by atoms with Crippen LogP contribution in [-0.2, 0) is 4.79 Å². The number of nitrogens with two attached hydrogens (primary N) is 1. The minimum absolute atomic E-state index is 0.0347. The van der Waals surface area contributed by atoms with E-state index in [2.05, 4.69) is 10.6 Å². The maximum atomic E-state index is 11.0. The van der Waals surface area contributed by atoms with Crippen LogP contribution >= 0.6 is 0 Å². The molecule has 0 radical (unpaired) electrons. The van der Waals surface area contributed by atoms with Crippen molar-refractivity contribution in [2.75, 3.05) is 17.6 Å². The zero-order valence-corrected chi connectivity index (χ0v) is 8.66. The summed E-state index contributed by atoms with van der Waals surface area (Å²) in [6, 6.07) is 7.30. The molecule has 1 fully saturated rings. The van der Waals surface area contributed by atoms with Gasteiger partial charge in [-0.25, -0.2) is 0 Å². The third kappa shape index (κ3) is 1.91. The Morgan fingerprint density at radius 2 is 2.38 bits per heavy atom. The molecule has 1 heterocycles. The average molecular weight is 216 g/mol. The van der Waals surface area contributed by atoms with E-state index in [1.807, 2.05) is 6.07 Å². The Labute approximate surface area is 93.2 Å². The third-order valence-electron chi connectivity index (χ3n) is 2.56. The van der Waals surface area contributed by atoms with Gasteiger partial charge in [0.05, 0.1) is 23.0 Å². The SMILES string of the molecule is N#Cc1cccc(NC2CNC(=O)C2)c1N. The molecule has 4 N–H and O–H groups in total. The summed E-state index contributed by atoms with van der Waals surface area (Å²) in [6.45, 7) is 0.592. The molecule has 5 heteroatoms. The van der Waals surface area contributed by atoms with Crippen molar-refractivity contribution < 1.29 is 4.79 Å². The number of hydrogen-bond acceptors (Lipinski definition) is 4. The second kappa shape index (κ2) is 4.11. The number of nitrogen functional groups attached to an aromatic ring is 1. The number of carbonyl (C=O) groups excluding carboxylic acids is 1. The molecular formula is C11H12N4O. The van der Waals surface area contributed by atoms with Gasteiger partial charge in [0.15, 0.2) is 0 Å². The number of anilines is 2. The second-order valence-corrected chi connectivity index (χ2v) is 3.73. The summed E-state index contributed by atoms with van der Waals surface area (Å²) in [5.74, 6) is 0.0347. The molecule has 1 saturated heterocycles. The molecule has 1 aromatic carbocycles. The third-order valence-corrected chi connectivity index (χ3v) is 2.56. The minimum atomic E-state index is 0.0347. The molecule has 1 aliphatic rings. The van der Waals surface area contributed by atoms with E-state index in [9.17, 15) is 4.79 Å². The summed E-state index contributed by atoms with van der Waals surface area (Å²) >= 11 is 0. The Bertz CT molecular complexity index is 464. The maximum Gasteiger partial charge on any atom is 0.222 e. The van der Waals surface area contributed by atoms with Crippen molar-refractivity contribution in [3.8, 4) is 6.07 Å². The zero-order valence-electron chi connectivity index (χ0n) is 8.66. The first kappa shape index (κ1) is 10.3. The van der Waals surface area contributed by atoms with Crippen molar-refractivity contribution in [1.82, 2.24) is 5.32 Å². The lowest BCUT2D eigenvalue weighted by atomic mass is 10.1. The monoisotopic (exact) mass is 216 g/mol. The van der Waals surface area contributed by atoms with Gasteiger partial charge in [0, 0.05) is 13.0 Å². The van der Waals surface area contributed by atoms with Crippen LogP contribution in [0.1, 0.15) is 12.0 Å². The number of rotatable bonds is 2. The lowest BCUT2D eigenvalue weighted by molar-refractivity contribution is -0.119. The van der Waals surface area contributed by atoms with Gasteiger partial charge >= 0.3 is 0 Å². The van der Waals surface area contributed by atoms with Crippen LogP contribution in [0.15, 0.2) is 18.2 Å². The number of hydrogen-bond donors (Lipinski definition) is 3. The summed E-state index contributed by atoms with van der Waals surface area (Å²) < 4.78 is 0. The van der Waals surface area contributed by atoms with E-state index in [-0.39, 0.29) is 11.9 Å². The number of carbonyl (C=O) groups is 1. The lowest BCUT2D eigenvalue weighted by Crippen LogP contribution is -2.23. The summed E-state index contributed by atoms with van der Waals surface area (Å²) in [5.41, 5.74) is 7.41. The predicted octanol–water partition coefficient (Wildman–Crippen LogP) is 0.441. The second-order valence-electron chi connectivity index (χ2n) is 3.73. The van der Waals surface area contributed by atoms with Crippen LogP contribution in [0.25, 0.3) is 0 Å². The molecular weight excluding hydrogens is 204 g/mol. The largest absolute Gasteiger partial charge is 0.396 e. The molecule has 0 aromatic heterocycles. The average Bonchev–Trinajstić information content (AvgIpc) is 2.67. The number of benzene rings is 1. The molecule has 0 aliphatic carbocycles. The Hall–Kier alpha value is -2.22. The van der Waals surface area contributed by atoms with Crippen LogP contribution in [0.3, 0.4) is 0 Å². The van der Waals surface area contributed by atoms with E-state index >= 15 is 0 Å². The van der Waals surface area contributed by atoms with Crippen molar-refractivity contribution in [3.05, 3.63) is 23.8 Å². The molecule has 1 aliphatic heterocycles. The Morgan fingerprint density at radius 1 is 1.56 bits per heavy atom. The molecule has 2 rings (SSSR count). The number of nitrogens with one attached hydrogen (secondary N) is 2. The van der Waals surface area contributed by atoms with E-state index < -0.39 is 0 Å². The van der Waals surface area contributed by atoms with Crippen LogP contribution < -0.4 is 16.4 Å². The van der Waals surface area contributed by atoms with Crippen LogP contribution in [0.5, 0.6) is 0 Å². The van der Waals surface area contributed by atoms with Gasteiger partial charge < -0.3 is 16.4 Å². The van der Waals surface area contributed by atoms with E-state index in [1.165, 1.54) is 0 Å². The standard InChI is InChI=1S/C11H12N4O/c12-5-7-2-1-3-9(11(7)13)15-8-4-10(16)14-6-8/h1-3,8,15H,4,6,13H2,(H,14,16). The van der Waals surface area contributed by atoms with Gasteiger partial charge in [-0.15, -0.1) is 0 Å². The maximum absolute atomic E-state index is 11.0. The zero-order chi connectivity index (χ0) is 11.5. The molecule has 5 nitrogen and oxygen atoms in total. The van der Waals surface area contributed by atoms with E-state index in [0.29, 0.717) is 29.9 Å². The summed E-state index contributed by atoms with van der Waals surface area (Å²) in [6.07, 6.45) is 0.441. The Kier molecular flexibility index (Phi) is 2.64. The first-order chi connectivity index (χ1) is 7.70. The van der Waals surface area contributed by atoms with Crippen molar-refractivity contribution in [1.29, 1.82) is 5.26 Å².